The summed E-state index contributed by atoms with van der Waals surface area (Å²) >= 11 is 7.35. The van der Waals surface area contributed by atoms with Crippen molar-refractivity contribution in [3.63, 3.8) is 0 Å². The van der Waals surface area contributed by atoms with E-state index in [0.29, 0.717) is 20.8 Å². The Balaban J connectivity index is 2.31. The van der Waals surface area contributed by atoms with E-state index in [2.05, 4.69) is 4.98 Å². The summed E-state index contributed by atoms with van der Waals surface area (Å²) in [7, 11) is 0. The Kier molecular flexibility index (Phi) is 2.97. The Labute approximate surface area is 118 Å². The third-order valence-corrected chi connectivity index (χ3v) is 4.02. The first-order valence-corrected chi connectivity index (χ1v) is 6.78. The molecule has 3 aromatic rings. The number of rotatable bonds is 2. The van der Waals surface area contributed by atoms with Crippen LogP contribution in [0.2, 0.25) is 5.15 Å². The van der Waals surface area contributed by atoms with Crippen LogP contribution in [0.15, 0.2) is 41.9 Å². The summed E-state index contributed by atoms with van der Waals surface area (Å²) in [6, 6.07) is 8.34. The largest absolute Gasteiger partial charge is 0.507 e. The van der Waals surface area contributed by atoms with E-state index in [9.17, 15) is 9.90 Å². The van der Waals surface area contributed by atoms with Crippen molar-refractivity contribution in [2.45, 2.75) is 0 Å². The predicted octanol–water partition coefficient (Wildman–Crippen LogP) is 3.89. The molecule has 0 aliphatic carbocycles. The van der Waals surface area contributed by atoms with Gasteiger partial charge in [0.25, 0.3) is 0 Å². The number of carbonyl (C=O) groups excluding carboxylic acids is 1. The lowest BCUT2D eigenvalue weighted by molar-refractivity contribution is 0.104. The molecule has 2 heterocycles. The summed E-state index contributed by atoms with van der Waals surface area (Å²) in [5.41, 5.74) is 0.268. The van der Waals surface area contributed by atoms with Gasteiger partial charge in [0.15, 0.2) is 0 Å². The number of hydrogen-bond donors (Lipinski definition) is 1. The van der Waals surface area contributed by atoms with E-state index in [1.54, 1.807) is 24.3 Å². The van der Waals surface area contributed by atoms with E-state index in [-0.39, 0.29) is 17.1 Å². The molecule has 0 spiro atoms. The number of phenols is 1. The van der Waals surface area contributed by atoms with Crippen LogP contribution < -0.4 is 0 Å². The monoisotopic (exact) mass is 289 g/mol. The molecule has 0 radical (unpaired) electrons. The van der Waals surface area contributed by atoms with Crippen LogP contribution in [0.4, 0.5) is 0 Å². The maximum atomic E-state index is 12.4. The Morgan fingerprint density at radius 2 is 2.05 bits per heavy atom. The number of carbonyl (C=O) groups is 1. The maximum absolute atomic E-state index is 12.4. The molecule has 1 N–H and O–H groups in total. The lowest BCUT2D eigenvalue weighted by Crippen LogP contribution is -2.00. The summed E-state index contributed by atoms with van der Waals surface area (Å²) in [6.07, 6.45) is 1.52. The Bertz CT molecular complexity index is 768. The number of ketones is 1. The molecule has 0 aliphatic rings. The molecule has 0 saturated heterocycles. The van der Waals surface area contributed by atoms with Gasteiger partial charge in [0.05, 0.1) is 10.4 Å². The highest BCUT2D eigenvalue weighted by Crippen LogP contribution is 2.32. The molecule has 0 bridgehead atoms. The number of thiophene rings is 1. The molecule has 2 aromatic heterocycles. The number of hydrogen-bond acceptors (Lipinski definition) is 4. The first-order chi connectivity index (χ1) is 9.18. The fourth-order valence-electron chi connectivity index (χ4n) is 1.98. The van der Waals surface area contributed by atoms with Gasteiger partial charge in [0.2, 0.25) is 5.78 Å². The van der Waals surface area contributed by atoms with E-state index >= 15 is 0 Å². The van der Waals surface area contributed by atoms with Crippen molar-refractivity contribution < 1.29 is 9.90 Å². The van der Waals surface area contributed by atoms with Crippen molar-refractivity contribution in [1.29, 1.82) is 0 Å². The van der Waals surface area contributed by atoms with Gasteiger partial charge in [-0.1, -0.05) is 17.7 Å². The molecule has 3 nitrogen and oxygen atoms in total. The number of nitrogens with zero attached hydrogens (tertiary/aromatic N) is 1. The summed E-state index contributed by atoms with van der Waals surface area (Å²) in [4.78, 5) is 17.0. The Morgan fingerprint density at radius 1 is 1.21 bits per heavy atom. The van der Waals surface area contributed by atoms with Gasteiger partial charge >= 0.3 is 0 Å². The number of halogens is 1. The van der Waals surface area contributed by atoms with E-state index in [1.165, 1.54) is 23.6 Å². The number of phenolic OH excluding ortho intramolecular Hbond substituents is 1. The van der Waals surface area contributed by atoms with Crippen molar-refractivity contribution in [2.24, 2.45) is 0 Å². The molecule has 94 valence electrons. The van der Waals surface area contributed by atoms with Crippen LogP contribution in [-0.4, -0.2) is 15.9 Å². The van der Waals surface area contributed by atoms with Crippen molar-refractivity contribution >= 4 is 39.5 Å². The zero-order chi connectivity index (χ0) is 13.4. The molecule has 3 rings (SSSR count). The quantitative estimate of drug-likeness (QED) is 0.575. The fraction of sp³-hybridized carbons (Fsp3) is 0. The number of pyridine rings is 1. The minimum Gasteiger partial charge on any atom is -0.507 e. The second-order valence-corrected chi connectivity index (χ2v) is 5.27. The van der Waals surface area contributed by atoms with E-state index < -0.39 is 0 Å². The van der Waals surface area contributed by atoms with Crippen LogP contribution in [0.5, 0.6) is 5.75 Å². The van der Waals surface area contributed by atoms with Crippen molar-refractivity contribution in [2.75, 3.05) is 0 Å². The van der Waals surface area contributed by atoms with Gasteiger partial charge in [-0.2, -0.15) is 0 Å². The third-order valence-electron chi connectivity index (χ3n) is 2.85. The maximum Gasteiger partial charge on any atom is 0.207 e. The highest BCUT2D eigenvalue weighted by molar-refractivity contribution is 7.12. The smallest absolute Gasteiger partial charge is 0.207 e. The second kappa shape index (κ2) is 4.64. The van der Waals surface area contributed by atoms with Crippen LogP contribution >= 0.6 is 22.9 Å². The molecular formula is C14H8ClNO2S. The topological polar surface area (TPSA) is 50.2 Å². The van der Waals surface area contributed by atoms with Crippen molar-refractivity contribution in [3.8, 4) is 5.75 Å². The fourth-order valence-corrected chi connectivity index (χ4v) is 2.87. The van der Waals surface area contributed by atoms with Crippen LogP contribution in [0.3, 0.4) is 0 Å². The summed E-state index contributed by atoms with van der Waals surface area (Å²) in [6.45, 7) is 0. The van der Waals surface area contributed by atoms with E-state index in [4.69, 9.17) is 11.6 Å². The van der Waals surface area contributed by atoms with Crippen LogP contribution in [0.25, 0.3) is 10.8 Å². The van der Waals surface area contributed by atoms with Crippen molar-refractivity contribution in [1.82, 2.24) is 4.98 Å². The van der Waals surface area contributed by atoms with E-state index in [0.717, 1.165) is 0 Å². The van der Waals surface area contributed by atoms with Gasteiger partial charge in [-0.25, -0.2) is 4.98 Å². The summed E-state index contributed by atoms with van der Waals surface area (Å²) in [5, 5.41) is 13.4. The SMILES string of the molecule is O=C(c1cccs1)c1c(O)ccc2c(Cl)nccc12. The minimum absolute atomic E-state index is 0.0480. The predicted molar refractivity (Wildman–Crippen MR) is 76.2 cm³/mol. The van der Waals surface area contributed by atoms with Crippen molar-refractivity contribution in [3.05, 3.63) is 57.5 Å². The number of fused-ring (bicyclic) bond motifs is 1. The van der Waals surface area contributed by atoms with Gasteiger partial charge in [0, 0.05) is 17.0 Å². The van der Waals surface area contributed by atoms with Crippen LogP contribution in [-0.2, 0) is 0 Å². The summed E-state index contributed by atoms with van der Waals surface area (Å²) in [5.74, 6) is -0.256. The second-order valence-electron chi connectivity index (χ2n) is 3.96. The van der Waals surface area contributed by atoms with E-state index in [1.807, 2.05) is 5.38 Å². The van der Waals surface area contributed by atoms with Gasteiger partial charge in [-0.15, -0.1) is 11.3 Å². The average molecular weight is 290 g/mol. The third kappa shape index (κ3) is 1.99. The summed E-state index contributed by atoms with van der Waals surface area (Å²) < 4.78 is 0. The minimum atomic E-state index is -0.208. The molecule has 5 heteroatoms. The lowest BCUT2D eigenvalue weighted by atomic mass is 10.0. The molecule has 19 heavy (non-hydrogen) atoms. The molecule has 0 amide bonds. The van der Waals surface area contributed by atoms with Gasteiger partial charge < -0.3 is 5.11 Å². The van der Waals surface area contributed by atoms with Crippen LogP contribution in [0, 0.1) is 0 Å². The normalized spacial score (nSPS) is 10.8. The standard InChI is InChI=1S/C14H8ClNO2S/c15-14-9-3-4-10(17)12(8(9)5-6-16-14)13(18)11-2-1-7-19-11/h1-7,17H. The Morgan fingerprint density at radius 3 is 2.79 bits per heavy atom. The Hall–Kier alpha value is -1.91. The van der Waals surface area contributed by atoms with Gasteiger partial charge in [-0.05, 0) is 29.6 Å². The number of aromatic hydroxyl groups is 1. The first-order valence-electron chi connectivity index (χ1n) is 5.53. The van der Waals surface area contributed by atoms with Crippen LogP contribution in [0.1, 0.15) is 15.2 Å². The van der Waals surface area contributed by atoms with Gasteiger partial charge in [0.1, 0.15) is 10.9 Å². The average Bonchev–Trinajstić information content (AvgIpc) is 2.92. The lowest BCUT2D eigenvalue weighted by Gasteiger charge is -2.07. The molecular weight excluding hydrogens is 282 g/mol. The molecule has 0 fully saturated rings. The highest BCUT2D eigenvalue weighted by atomic mass is 35.5. The first kappa shape index (κ1) is 12.1. The molecule has 0 saturated carbocycles. The number of aromatic nitrogens is 1. The zero-order valence-electron chi connectivity index (χ0n) is 9.63. The van der Waals surface area contributed by atoms with Gasteiger partial charge in [-0.3, -0.25) is 4.79 Å². The molecule has 0 unspecified atom stereocenters. The molecule has 1 aromatic carbocycles. The highest BCUT2D eigenvalue weighted by Gasteiger charge is 2.18. The zero-order valence-corrected chi connectivity index (χ0v) is 11.2. The molecule has 0 aliphatic heterocycles. The number of benzene rings is 1. The molecule has 0 atom stereocenters.